The number of piperazine rings is 1. The highest BCUT2D eigenvalue weighted by atomic mass is 35.5. The summed E-state index contributed by atoms with van der Waals surface area (Å²) in [7, 11) is -1.70. The van der Waals surface area contributed by atoms with Crippen molar-refractivity contribution in [2.75, 3.05) is 53.6 Å². The number of carbonyl (C=O) groups excluding carboxylic acids is 2. The van der Waals surface area contributed by atoms with Crippen molar-refractivity contribution in [2.24, 2.45) is 0 Å². The number of rotatable bonds is 8. The van der Waals surface area contributed by atoms with Gasteiger partial charge >= 0.3 is 11.9 Å². The van der Waals surface area contributed by atoms with Crippen molar-refractivity contribution in [1.29, 1.82) is 0 Å². The Morgan fingerprint density at radius 1 is 0.970 bits per heavy atom. The molecule has 1 fully saturated rings. The van der Waals surface area contributed by atoms with Crippen LogP contribution in [0, 0.1) is 0 Å². The number of ether oxygens (including phenoxy) is 3. The van der Waals surface area contributed by atoms with E-state index in [2.05, 4.69) is 9.64 Å². The van der Waals surface area contributed by atoms with Crippen molar-refractivity contribution in [3.63, 3.8) is 0 Å². The Labute approximate surface area is 197 Å². The van der Waals surface area contributed by atoms with Crippen LogP contribution in [0.3, 0.4) is 0 Å². The molecule has 0 N–H and O–H groups in total. The molecule has 1 aliphatic heterocycles. The molecule has 178 valence electrons. The van der Waals surface area contributed by atoms with Gasteiger partial charge in [0.2, 0.25) is 10.0 Å². The highest BCUT2D eigenvalue weighted by Gasteiger charge is 2.33. The lowest BCUT2D eigenvalue weighted by atomic mass is 10.1. The Kier molecular flexibility index (Phi) is 8.30. The second kappa shape index (κ2) is 11.0. The summed E-state index contributed by atoms with van der Waals surface area (Å²) in [4.78, 5) is 25.9. The number of halogens is 1. The van der Waals surface area contributed by atoms with Crippen molar-refractivity contribution in [1.82, 2.24) is 9.21 Å². The van der Waals surface area contributed by atoms with Crippen molar-refractivity contribution < 1.29 is 32.2 Å². The fourth-order valence-corrected chi connectivity index (χ4v) is 5.26. The summed E-state index contributed by atoms with van der Waals surface area (Å²) in [5.41, 5.74) is -0.111. The van der Waals surface area contributed by atoms with Crippen LogP contribution in [0.4, 0.5) is 0 Å². The molecule has 0 saturated carbocycles. The zero-order chi connectivity index (χ0) is 24.0. The van der Waals surface area contributed by atoms with Gasteiger partial charge in [-0.05, 0) is 30.3 Å². The van der Waals surface area contributed by atoms with Crippen LogP contribution in [0.1, 0.15) is 20.7 Å². The zero-order valence-corrected chi connectivity index (χ0v) is 19.9. The number of para-hydroxylation sites is 1. The average molecular weight is 497 g/mol. The molecule has 0 amide bonds. The molecule has 0 unspecified atom stereocenters. The molecule has 3 rings (SSSR count). The molecule has 0 spiro atoms. The van der Waals surface area contributed by atoms with Crippen LogP contribution in [0.5, 0.6) is 5.75 Å². The first-order valence-corrected chi connectivity index (χ1v) is 12.0. The van der Waals surface area contributed by atoms with Gasteiger partial charge in [-0.3, -0.25) is 4.90 Å². The number of carbonyl (C=O) groups is 2. The summed E-state index contributed by atoms with van der Waals surface area (Å²) in [6.07, 6.45) is 0. The number of hydrogen-bond donors (Lipinski definition) is 0. The Morgan fingerprint density at radius 2 is 1.64 bits per heavy atom. The number of sulfonamides is 1. The van der Waals surface area contributed by atoms with Crippen LogP contribution >= 0.6 is 11.6 Å². The topological polar surface area (TPSA) is 102 Å². The Bertz CT molecular complexity index is 1120. The van der Waals surface area contributed by atoms with Crippen molar-refractivity contribution in [3.05, 3.63) is 58.6 Å². The third-order valence-electron chi connectivity index (χ3n) is 5.26. The fourth-order valence-electron chi connectivity index (χ4n) is 3.44. The molecule has 2 aromatic rings. The summed E-state index contributed by atoms with van der Waals surface area (Å²) in [6.45, 7) is 2.41. The largest absolute Gasteiger partial charge is 0.491 e. The maximum absolute atomic E-state index is 13.3. The van der Waals surface area contributed by atoms with Crippen LogP contribution < -0.4 is 4.74 Å². The summed E-state index contributed by atoms with van der Waals surface area (Å²) < 4.78 is 43.1. The van der Waals surface area contributed by atoms with Gasteiger partial charge in [0.05, 0.1) is 35.3 Å². The predicted molar refractivity (Wildman–Crippen MR) is 121 cm³/mol. The van der Waals surface area contributed by atoms with Gasteiger partial charge in [-0.1, -0.05) is 23.7 Å². The normalized spacial score (nSPS) is 15.1. The molecular formula is C22H25ClN2O7S. The highest BCUT2D eigenvalue weighted by Crippen LogP contribution is 2.25. The summed E-state index contributed by atoms with van der Waals surface area (Å²) in [6, 6.07) is 10.9. The maximum atomic E-state index is 13.3. The predicted octanol–water partition coefficient (Wildman–Crippen LogP) is 2.30. The molecule has 0 aromatic heterocycles. The lowest BCUT2D eigenvalue weighted by molar-refractivity contribution is 0.0583. The molecule has 1 aliphatic rings. The first-order valence-electron chi connectivity index (χ1n) is 10.2. The summed E-state index contributed by atoms with van der Waals surface area (Å²) in [5.74, 6) is -0.909. The molecule has 2 aromatic carbocycles. The van der Waals surface area contributed by atoms with Gasteiger partial charge in [0, 0.05) is 32.7 Å². The molecule has 9 nitrogen and oxygen atoms in total. The molecule has 0 radical (unpaired) electrons. The van der Waals surface area contributed by atoms with E-state index in [1.807, 2.05) is 12.1 Å². The van der Waals surface area contributed by atoms with E-state index >= 15 is 0 Å². The number of hydrogen-bond acceptors (Lipinski definition) is 8. The SMILES string of the molecule is COC(=O)c1ccc(C(=O)OC)c(S(=O)(=O)N2CCN(CCOc3ccccc3Cl)CC2)c1. The molecular weight excluding hydrogens is 472 g/mol. The molecule has 0 atom stereocenters. The first kappa shape index (κ1) is 25.0. The minimum Gasteiger partial charge on any atom is -0.491 e. The van der Waals surface area contributed by atoms with Crippen LogP contribution in [0.15, 0.2) is 47.4 Å². The summed E-state index contributed by atoms with van der Waals surface area (Å²) >= 11 is 6.08. The van der Waals surface area contributed by atoms with E-state index in [0.29, 0.717) is 37.0 Å². The molecule has 11 heteroatoms. The van der Waals surface area contributed by atoms with Crippen LogP contribution in [-0.2, 0) is 19.5 Å². The van der Waals surface area contributed by atoms with E-state index < -0.39 is 22.0 Å². The summed E-state index contributed by atoms with van der Waals surface area (Å²) in [5, 5.41) is 0.531. The van der Waals surface area contributed by atoms with E-state index in [0.717, 1.165) is 13.2 Å². The van der Waals surface area contributed by atoms with E-state index in [9.17, 15) is 18.0 Å². The Hall–Kier alpha value is -2.66. The van der Waals surface area contributed by atoms with E-state index in [4.69, 9.17) is 21.1 Å². The minimum absolute atomic E-state index is 0.0269. The molecule has 33 heavy (non-hydrogen) atoms. The molecule has 1 heterocycles. The van der Waals surface area contributed by atoms with Gasteiger partial charge in [-0.2, -0.15) is 4.31 Å². The smallest absolute Gasteiger partial charge is 0.339 e. The van der Waals surface area contributed by atoms with Gasteiger partial charge < -0.3 is 14.2 Å². The van der Waals surface area contributed by atoms with Crippen LogP contribution in [0.25, 0.3) is 0 Å². The third-order valence-corrected chi connectivity index (χ3v) is 7.51. The average Bonchev–Trinajstić information content (AvgIpc) is 2.84. The van der Waals surface area contributed by atoms with Gasteiger partial charge in [0.1, 0.15) is 12.4 Å². The number of nitrogens with zero attached hydrogens (tertiary/aromatic N) is 2. The molecule has 0 aliphatic carbocycles. The maximum Gasteiger partial charge on any atom is 0.339 e. The van der Waals surface area contributed by atoms with Crippen LogP contribution in [0.2, 0.25) is 5.02 Å². The van der Waals surface area contributed by atoms with Gasteiger partial charge in [0.15, 0.2) is 0 Å². The van der Waals surface area contributed by atoms with Crippen molar-refractivity contribution >= 4 is 33.6 Å². The lowest BCUT2D eigenvalue weighted by Crippen LogP contribution is -2.49. The molecule has 1 saturated heterocycles. The van der Waals surface area contributed by atoms with Gasteiger partial charge in [0.25, 0.3) is 0 Å². The highest BCUT2D eigenvalue weighted by molar-refractivity contribution is 7.89. The first-order chi connectivity index (χ1) is 15.8. The van der Waals surface area contributed by atoms with E-state index in [1.54, 1.807) is 12.1 Å². The molecule has 0 bridgehead atoms. The number of esters is 2. The second-order valence-corrected chi connectivity index (χ2v) is 9.53. The van der Waals surface area contributed by atoms with E-state index in [-0.39, 0.29) is 29.1 Å². The number of methoxy groups -OCH3 is 2. The second-order valence-electron chi connectivity index (χ2n) is 7.22. The monoisotopic (exact) mass is 496 g/mol. The third kappa shape index (κ3) is 5.83. The fraction of sp³-hybridized carbons (Fsp3) is 0.364. The zero-order valence-electron chi connectivity index (χ0n) is 18.3. The quantitative estimate of drug-likeness (QED) is 0.513. The van der Waals surface area contributed by atoms with E-state index in [1.165, 1.54) is 23.5 Å². The standard InChI is InChI=1S/C22H25ClN2O7S/c1-30-21(26)16-7-8-17(22(27)31-2)20(15-16)33(28,29)25-11-9-24(10-12-25)13-14-32-19-6-4-3-5-18(19)23/h3-8,15H,9-14H2,1-2H3. The number of benzene rings is 2. The van der Waals surface area contributed by atoms with Crippen molar-refractivity contribution in [2.45, 2.75) is 4.90 Å². The van der Waals surface area contributed by atoms with Crippen molar-refractivity contribution in [3.8, 4) is 5.75 Å². The van der Waals surface area contributed by atoms with Crippen LogP contribution in [-0.4, -0.2) is 83.1 Å². The van der Waals surface area contributed by atoms with Gasteiger partial charge in [-0.15, -0.1) is 0 Å². The lowest BCUT2D eigenvalue weighted by Gasteiger charge is -2.34. The van der Waals surface area contributed by atoms with Gasteiger partial charge in [-0.25, -0.2) is 18.0 Å². The minimum atomic E-state index is -4.06. The Morgan fingerprint density at radius 3 is 2.27 bits per heavy atom. The Balaban J connectivity index is 1.68.